The van der Waals surface area contributed by atoms with Gasteiger partial charge in [0.15, 0.2) is 0 Å². The molecule has 0 saturated heterocycles. The molecule has 0 bridgehead atoms. The first-order valence-electron chi connectivity index (χ1n) is 5.30. The molecule has 0 unspecified atom stereocenters. The molecule has 1 aromatic carbocycles. The Hall–Kier alpha value is -1.88. The largest absolute Gasteiger partial charge is 0.349 e. The lowest BCUT2D eigenvalue weighted by atomic mass is 10.1. The maximum absolute atomic E-state index is 11.8. The minimum Gasteiger partial charge on any atom is -0.349 e. The summed E-state index contributed by atoms with van der Waals surface area (Å²) in [5, 5.41) is 13.3. The molecule has 6 heteroatoms. The summed E-state index contributed by atoms with van der Waals surface area (Å²) in [5.41, 5.74) is 0.907. The molecule has 0 heterocycles. The standard InChI is InChI=1S/C12H13ClN2O3/c1-9-4-5-10(15(17)18)8-11(9)12(16)14-7-3-2-6-13/h2-5,8H,6-7H2,1H3,(H,14,16)/b3-2+. The van der Waals surface area contributed by atoms with Crippen LogP contribution in [0.1, 0.15) is 15.9 Å². The highest BCUT2D eigenvalue weighted by Gasteiger charge is 2.13. The highest BCUT2D eigenvalue weighted by atomic mass is 35.5. The molecule has 1 N–H and O–H groups in total. The van der Waals surface area contributed by atoms with Crippen molar-refractivity contribution < 1.29 is 9.72 Å². The summed E-state index contributed by atoms with van der Waals surface area (Å²) in [6.07, 6.45) is 3.43. The number of nitro groups is 1. The van der Waals surface area contributed by atoms with Gasteiger partial charge in [0.1, 0.15) is 0 Å². The molecule has 0 aliphatic heterocycles. The molecular formula is C12H13ClN2O3. The van der Waals surface area contributed by atoms with Gasteiger partial charge in [-0.25, -0.2) is 0 Å². The first kappa shape index (κ1) is 14.2. The van der Waals surface area contributed by atoms with Crippen molar-refractivity contribution in [2.24, 2.45) is 0 Å². The van der Waals surface area contributed by atoms with Crippen LogP contribution in [-0.4, -0.2) is 23.3 Å². The second-order valence-corrected chi connectivity index (χ2v) is 3.90. The summed E-state index contributed by atoms with van der Waals surface area (Å²) in [6.45, 7) is 2.07. The van der Waals surface area contributed by atoms with Gasteiger partial charge >= 0.3 is 0 Å². The Labute approximate surface area is 110 Å². The van der Waals surface area contributed by atoms with Gasteiger partial charge in [-0.2, -0.15) is 0 Å². The third kappa shape index (κ3) is 3.85. The number of carbonyl (C=O) groups is 1. The van der Waals surface area contributed by atoms with Gasteiger partial charge in [0.2, 0.25) is 0 Å². The molecule has 1 rings (SSSR count). The Bertz CT molecular complexity index is 486. The van der Waals surface area contributed by atoms with Crippen molar-refractivity contribution in [3.05, 3.63) is 51.6 Å². The highest BCUT2D eigenvalue weighted by Crippen LogP contribution is 2.17. The van der Waals surface area contributed by atoms with Crippen LogP contribution in [0.3, 0.4) is 0 Å². The highest BCUT2D eigenvalue weighted by molar-refractivity contribution is 6.18. The van der Waals surface area contributed by atoms with E-state index in [4.69, 9.17) is 11.6 Å². The van der Waals surface area contributed by atoms with E-state index in [0.29, 0.717) is 23.6 Å². The van der Waals surface area contributed by atoms with Crippen molar-refractivity contribution >= 4 is 23.2 Å². The van der Waals surface area contributed by atoms with Crippen LogP contribution in [0, 0.1) is 17.0 Å². The average molecular weight is 269 g/mol. The van der Waals surface area contributed by atoms with Gasteiger partial charge in [-0.15, -0.1) is 11.6 Å². The molecule has 0 aliphatic rings. The van der Waals surface area contributed by atoms with Crippen LogP contribution in [0.2, 0.25) is 0 Å². The van der Waals surface area contributed by atoms with Crippen LogP contribution in [0.5, 0.6) is 0 Å². The predicted octanol–water partition coefficient (Wildman–Crippen LogP) is 2.43. The van der Waals surface area contributed by atoms with Gasteiger partial charge in [-0.1, -0.05) is 18.2 Å². The molecule has 0 fully saturated rings. The van der Waals surface area contributed by atoms with Crippen molar-refractivity contribution in [1.82, 2.24) is 5.32 Å². The number of nitrogens with one attached hydrogen (secondary N) is 1. The van der Waals surface area contributed by atoms with E-state index in [1.807, 2.05) is 0 Å². The zero-order chi connectivity index (χ0) is 13.5. The fraction of sp³-hybridized carbons (Fsp3) is 0.250. The number of hydrogen-bond donors (Lipinski definition) is 1. The fourth-order valence-corrected chi connectivity index (χ4v) is 1.49. The van der Waals surface area contributed by atoms with Crippen molar-refractivity contribution in [3.63, 3.8) is 0 Å². The third-order valence-electron chi connectivity index (χ3n) is 2.31. The Morgan fingerprint density at radius 3 is 2.83 bits per heavy atom. The quantitative estimate of drug-likeness (QED) is 0.386. The zero-order valence-corrected chi connectivity index (χ0v) is 10.6. The number of carbonyl (C=O) groups excluding carboxylic acids is 1. The van der Waals surface area contributed by atoms with E-state index < -0.39 is 4.92 Å². The number of benzene rings is 1. The maximum Gasteiger partial charge on any atom is 0.270 e. The molecule has 0 aromatic heterocycles. The molecule has 0 saturated carbocycles. The van der Waals surface area contributed by atoms with E-state index in [0.717, 1.165) is 0 Å². The lowest BCUT2D eigenvalue weighted by Crippen LogP contribution is -2.24. The molecule has 0 radical (unpaired) electrons. The van der Waals surface area contributed by atoms with E-state index >= 15 is 0 Å². The molecule has 0 aliphatic carbocycles. The number of aryl methyl sites for hydroxylation is 1. The van der Waals surface area contributed by atoms with Crippen molar-refractivity contribution in [2.75, 3.05) is 12.4 Å². The number of nitrogens with zero attached hydrogens (tertiary/aromatic N) is 1. The normalized spacial score (nSPS) is 10.6. The number of amides is 1. The van der Waals surface area contributed by atoms with Crippen molar-refractivity contribution in [2.45, 2.75) is 6.92 Å². The van der Waals surface area contributed by atoms with E-state index in [-0.39, 0.29) is 11.6 Å². The molecular weight excluding hydrogens is 256 g/mol. The van der Waals surface area contributed by atoms with Crippen LogP contribution in [0.25, 0.3) is 0 Å². The number of nitro benzene ring substituents is 1. The average Bonchev–Trinajstić information content (AvgIpc) is 2.34. The molecule has 0 spiro atoms. The van der Waals surface area contributed by atoms with Crippen LogP contribution in [0.15, 0.2) is 30.4 Å². The maximum atomic E-state index is 11.8. The minimum atomic E-state index is -0.524. The SMILES string of the molecule is Cc1ccc([N+](=O)[O-])cc1C(=O)NC/C=C/CCl. The summed E-state index contributed by atoms with van der Waals surface area (Å²) >= 11 is 5.44. The topological polar surface area (TPSA) is 72.2 Å². The van der Waals surface area contributed by atoms with Gasteiger partial charge in [-0.3, -0.25) is 14.9 Å². The second-order valence-electron chi connectivity index (χ2n) is 3.59. The first-order chi connectivity index (χ1) is 8.56. The number of non-ortho nitro benzene ring substituents is 1. The number of alkyl halides is 1. The molecule has 0 atom stereocenters. The van der Waals surface area contributed by atoms with Gasteiger partial charge in [-0.05, 0) is 12.5 Å². The van der Waals surface area contributed by atoms with Gasteiger partial charge in [0.05, 0.1) is 4.92 Å². The Balaban J connectivity index is 2.81. The summed E-state index contributed by atoms with van der Waals surface area (Å²) in [4.78, 5) is 21.9. The van der Waals surface area contributed by atoms with Gasteiger partial charge < -0.3 is 5.32 Å². The second kappa shape index (κ2) is 6.76. The molecule has 1 amide bonds. The fourth-order valence-electron chi connectivity index (χ4n) is 1.36. The molecule has 5 nitrogen and oxygen atoms in total. The smallest absolute Gasteiger partial charge is 0.270 e. The van der Waals surface area contributed by atoms with Crippen molar-refractivity contribution in [1.29, 1.82) is 0 Å². The van der Waals surface area contributed by atoms with Crippen LogP contribution >= 0.6 is 11.6 Å². The van der Waals surface area contributed by atoms with E-state index in [9.17, 15) is 14.9 Å². The summed E-state index contributed by atoms with van der Waals surface area (Å²) in [7, 11) is 0. The Morgan fingerprint density at radius 2 is 2.22 bits per heavy atom. The minimum absolute atomic E-state index is 0.0953. The van der Waals surface area contributed by atoms with Crippen molar-refractivity contribution in [3.8, 4) is 0 Å². The number of hydrogen-bond acceptors (Lipinski definition) is 3. The summed E-state index contributed by atoms with van der Waals surface area (Å²) in [6, 6.07) is 4.21. The Morgan fingerprint density at radius 1 is 1.50 bits per heavy atom. The predicted molar refractivity (Wildman–Crippen MR) is 70.0 cm³/mol. The molecule has 18 heavy (non-hydrogen) atoms. The van der Waals surface area contributed by atoms with E-state index in [1.54, 1.807) is 25.1 Å². The number of rotatable bonds is 5. The summed E-state index contributed by atoms with van der Waals surface area (Å²) < 4.78 is 0. The van der Waals surface area contributed by atoms with Gasteiger partial charge in [0, 0.05) is 30.1 Å². The van der Waals surface area contributed by atoms with E-state index in [2.05, 4.69) is 5.32 Å². The Kier molecular flexibility index (Phi) is 5.32. The molecule has 1 aromatic rings. The number of allylic oxidation sites excluding steroid dienone is 1. The van der Waals surface area contributed by atoms with Gasteiger partial charge in [0.25, 0.3) is 11.6 Å². The first-order valence-corrected chi connectivity index (χ1v) is 5.84. The third-order valence-corrected chi connectivity index (χ3v) is 2.49. The number of halogens is 1. The van der Waals surface area contributed by atoms with Crippen LogP contribution < -0.4 is 5.32 Å². The lowest BCUT2D eigenvalue weighted by molar-refractivity contribution is -0.384. The van der Waals surface area contributed by atoms with Crippen LogP contribution in [-0.2, 0) is 0 Å². The molecule has 96 valence electrons. The summed E-state index contributed by atoms with van der Waals surface area (Å²) in [5.74, 6) is 0.0431. The monoisotopic (exact) mass is 268 g/mol. The zero-order valence-electron chi connectivity index (χ0n) is 9.85. The van der Waals surface area contributed by atoms with E-state index in [1.165, 1.54) is 12.1 Å². The van der Waals surface area contributed by atoms with Crippen LogP contribution in [0.4, 0.5) is 5.69 Å². The lowest BCUT2D eigenvalue weighted by Gasteiger charge is -2.05.